The van der Waals surface area contributed by atoms with Crippen LogP contribution in [0.4, 0.5) is 0 Å². The van der Waals surface area contributed by atoms with E-state index in [9.17, 15) is 0 Å². The molecule has 0 aromatic heterocycles. The number of hydrogen-bond donors (Lipinski definition) is 0. The summed E-state index contributed by atoms with van der Waals surface area (Å²) < 4.78 is 0. The van der Waals surface area contributed by atoms with E-state index in [4.69, 9.17) is 0 Å². The van der Waals surface area contributed by atoms with Gasteiger partial charge in [-0.15, -0.1) is 0 Å². The molecule has 0 amide bonds. The molecule has 0 heterocycles. The molecule has 0 rings (SSSR count). The van der Waals surface area contributed by atoms with Crippen molar-refractivity contribution in [2.75, 3.05) is 0 Å². The second-order valence-corrected chi connectivity index (χ2v) is 0. The van der Waals surface area contributed by atoms with E-state index in [-0.39, 0.29) is 115 Å². The molecule has 0 aromatic rings. The van der Waals surface area contributed by atoms with Crippen molar-refractivity contribution >= 4 is 88.9 Å². The van der Waals surface area contributed by atoms with Crippen molar-refractivity contribution in [3.8, 4) is 0 Å². The average molecular weight is 465 g/mol. The van der Waals surface area contributed by atoms with E-state index in [2.05, 4.69) is 0 Å². The maximum atomic E-state index is 0. The molecule has 0 atom stereocenters. The van der Waals surface area contributed by atoms with Crippen LogP contribution in [0.15, 0.2) is 0 Å². The molecule has 2 radical (unpaired) electrons. The molecule has 4 heavy (non-hydrogen) atoms. The van der Waals surface area contributed by atoms with Gasteiger partial charge in [-0.2, -0.15) is 0 Å². The van der Waals surface area contributed by atoms with Crippen molar-refractivity contribution in [3.63, 3.8) is 0 Å². The van der Waals surface area contributed by atoms with Crippen molar-refractivity contribution < 1.29 is 26.2 Å². The van der Waals surface area contributed by atoms with Gasteiger partial charge in [0, 0.05) is 26.2 Å². The van der Waals surface area contributed by atoms with E-state index < -0.39 is 0 Å². The van der Waals surface area contributed by atoms with Gasteiger partial charge in [-0.3, -0.25) is 0 Å². The Labute approximate surface area is 112 Å². The molecule has 0 fully saturated rings. The monoisotopic (exact) mass is 466 g/mol. The fourth-order valence-electron chi connectivity index (χ4n) is 0. The Bertz CT molecular complexity index is 8.00. The molecule has 0 saturated carbocycles. The van der Waals surface area contributed by atoms with Gasteiger partial charge < -0.3 is 0 Å². The van der Waals surface area contributed by atoms with E-state index in [1.807, 2.05) is 0 Å². The molecule has 22 valence electrons. The first-order valence-electron chi connectivity index (χ1n) is 0. The average Bonchev–Trinajstić information content (AvgIpc) is 0. The second kappa shape index (κ2) is 15.8. The van der Waals surface area contributed by atoms with Gasteiger partial charge in [-0.05, 0) is 0 Å². The van der Waals surface area contributed by atoms with Crippen molar-refractivity contribution in [3.05, 3.63) is 0 Å². The summed E-state index contributed by atoms with van der Waals surface area (Å²) in [5.74, 6) is 0. The van der Waals surface area contributed by atoms with Gasteiger partial charge in [0.2, 0.25) is 0 Å². The Morgan fingerprint density at radius 3 is 1.00 bits per heavy atom. The predicted octanol–water partition coefficient (Wildman–Crippen LogP) is -3.29. The third-order valence-electron chi connectivity index (χ3n) is 0. The van der Waals surface area contributed by atoms with Crippen LogP contribution in [0.25, 0.3) is 0 Å². The number of rotatable bonds is 0. The van der Waals surface area contributed by atoms with Gasteiger partial charge in [0.25, 0.3) is 0 Å². The first-order chi connectivity index (χ1) is 0. The Morgan fingerprint density at radius 1 is 1.00 bits per heavy atom. The van der Waals surface area contributed by atoms with Crippen molar-refractivity contribution in [1.82, 2.24) is 0 Å². The van der Waals surface area contributed by atoms with Gasteiger partial charge in [0.1, 0.15) is 0 Å². The molecule has 0 spiro atoms. The Kier molecular flexibility index (Phi) is 98.1. The smallest absolute Gasteiger partial charge is 0 e. The van der Waals surface area contributed by atoms with Crippen LogP contribution >= 0.6 is 0 Å². The summed E-state index contributed by atoms with van der Waals surface area (Å²) in [6, 6.07) is 0. The second-order valence-electron chi connectivity index (χ2n) is 0. The van der Waals surface area contributed by atoms with Gasteiger partial charge in [-0.1, -0.05) is 0 Å². The van der Waals surface area contributed by atoms with Crippen molar-refractivity contribution in [2.45, 2.75) is 0 Å². The molecular formula is H8CaPbSnZr. The zero-order valence-corrected chi connectivity index (χ0v) is 9.16. The molecule has 0 bridgehead atoms. The predicted molar refractivity (Wildman–Crippen MR) is 28.4 cm³/mol. The van der Waals surface area contributed by atoms with Gasteiger partial charge in [0.15, 0.2) is 0 Å². The molecule has 0 unspecified atom stereocenters. The van der Waals surface area contributed by atoms with Crippen molar-refractivity contribution in [1.29, 1.82) is 0 Å². The minimum atomic E-state index is 0. The van der Waals surface area contributed by atoms with Crippen LogP contribution in [0, 0.1) is 0 Å². The minimum Gasteiger partial charge on any atom is 0 e. The summed E-state index contributed by atoms with van der Waals surface area (Å²) in [5.41, 5.74) is 0. The quantitative estimate of drug-likeness (QED) is 0.330. The molecule has 0 nitrogen and oxygen atoms in total. The first-order valence-corrected chi connectivity index (χ1v) is 0. The van der Waals surface area contributed by atoms with Crippen LogP contribution in [0.2, 0.25) is 0 Å². The first kappa shape index (κ1) is 24.8. The van der Waals surface area contributed by atoms with Crippen LogP contribution in [-0.4, -0.2) is 88.9 Å². The maximum Gasteiger partial charge on any atom is 0 e. The van der Waals surface area contributed by atoms with E-state index >= 15 is 0 Å². The van der Waals surface area contributed by atoms with Crippen LogP contribution in [0.1, 0.15) is 0 Å². The Balaban J connectivity index is 0. The summed E-state index contributed by atoms with van der Waals surface area (Å²) in [5, 5.41) is 0. The van der Waals surface area contributed by atoms with Gasteiger partial charge >= 0.3 is 88.9 Å². The molecule has 0 aliphatic rings. The largest absolute Gasteiger partial charge is 0 e. The van der Waals surface area contributed by atoms with E-state index in [1.54, 1.807) is 0 Å². The Morgan fingerprint density at radius 2 is 1.00 bits per heavy atom. The standard InChI is InChI=1S/Ca.Pb.Sn.Zr.8H. The molecule has 4 heteroatoms. The molecule has 0 N–H and O–H groups in total. The van der Waals surface area contributed by atoms with E-state index in [0.717, 1.165) is 0 Å². The summed E-state index contributed by atoms with van der Waals surface area (Å²) >= 11 is 0. The van der Waals surface area contributed by atoms with E-state index in [0.29, 0.717) is 0 Å². The van der Waals surface area contributed by atoms with Crippen LogP contribution in [-0.2, 0) is 26.2 Å². The summed E-state index contributed by atoms with van der Waals surface area (Å²) in [4.78, 5) is 0. The molecule has 0 aliphatic heterocycles. The van der Waals surface area contributed by atoms with Gasteiger partial charge in [0.05, 0.1) is 0 Å². The molecule has 0 aromatic carbocycles. The summed E-state index contributed by atoms with van der Waals surface area (Å²) in [6.45, 7) is 0. The van der Waals surface area contributed by atoms with Crippen molar-refractivity contribution in [2.24, 2.45) is 0 Å². The summed E-state index contributed by atoms with van der Waals surface area (Å²) in [6.07, 6.45) is 0. The summed E-state index contributed by atoms with van der Waals surface area (Å²) in [7, 11) is 0. The molecular weight excluding hydrogens is 457 g/mol. The van der Waals surface area contributed by atoms with Crippen LogP contribution in [0.5, 0.6) is 0 Å². The van der Waals surface area contributed by atoms with E-state index in [1.165, 1.54) is 0 Å². The third-order valence-corrected chi connectivity index (χ3v) is 0. The molecule has 0 saturated heterocycles. The fourth-order valence-corrected chi connectivity index (χ4v) is 0. The molecule has 0 aliphatic carbocycles. The third kappa shape index (κ3) is 9.29. The Hall–Kier alpha value is 3.86. The fraction of sp³-hybridized carbons (Fsp3) is 0. The van der Waals surface area contributed by atoms with Gasteiger partial charge in [-0.25, -0.2) is 0 Å². The normalized spacial score (nSPS) is 0. The topological polar surface area (TPSA) is 0 Å². The van der Waals surface area contributed by atoms with Crippen LogP contribution in [0.3, 0.4) is 0 Å². The SMILES string of the molecule is [CaH2].[PbH2].[SnH4].[Zr]. The number of hydrogen-bond acceptors (Lipinski definition) is 0. The zero-order valence-electron chi connectivity index (χ0n) is 1.21. The maximum absolute atomic E-state index is 0. The minimum absolute atomic E-state index is 0. The zero-order chi connectivity index (χ0) is 0. The van der Waals surface area contributed by atoms with Crippen LogP contribution < -0.4 is 0 Å².